The van der Waals surface area contributed by atoms with Gasteiger partial charge in [-0.3, -0.25) is 0 Å². The summed E-state index contributed by atoms with van der Waals surface area (Å²) in [6.45, 7) is 3.98. The Hall–Kier alpha value is -2.56. The Morgan fingerprint density at radius 3 is 2.59 bits per heavy atom. The zero-order valence-electron chi connectivity index (χ0n) is 14.7. The third kappa shape index (κ3) is 3.38. The highest BCUT2D eigenvalue weighted by Crippen LogP contribution is 2.38. The molecule has 2 heterocycles. The lowest BCUT2D eigenvalue weighted by atomic mass is 10.1. The molecule has 0 aliphatic rings. The molecule has 0 aliphatic carbocycles. The van der Waals surface area contributed by atoms with Gasteiger partial charge in [0.2, 0.25) is 0 Å². The second-order valence-electron chi connectivity index (χ2n) is 6.40. The van der Waals surface area contributed by atoms with E-state index in [1.54, 1.807) is 6.07 Å². The van der Waals surface area contributed by atoms with Crippen LogP contribution in [0.3, 0.4) is 0 Å². The Morgan fingerprint density at radius 1 is 1.00 bits per heavy atom. The number of ether oxygens (including phenoxy) is 1. The van der Waals surface area contributed by atoms with Crippen molar-refractivity contribution >= 4 is 45.1 Å². The second kappa shape index (κ2) is 6.87. The number of hydrogen-bond donors (Lipinski definition) is 0. The van der Waals surface area contributed by atoms with Gasteiger partial charge in [0.05, 0.1) is 10.0 Å². The van der Waals surface area contributed by atoms with Gasteiger partial charge < -0.3 is 9.15 Å². The van der Waals surface area contributed by atoms with Crippen LogP contribution in [0.2, 0.25) is 10.0 Å². The molecule has 2 aromatic carbocycles. The minimum atomic E-state index is -0.423. The van der Waals surface area contributed by atoms with Gasteiger partial charge in [0, 0.05) is 28.1 Å². The van der Waals surface area contributed by atoms with Crippen molar-refractivity contribution in [3.05, 3.63) is 79.8 Å². The molecule has 0 fully saturated rings. The highest BCUT2D eigenvalue weighted by molar-refractivity contribution is 6.39. The van der Waals surface area contributed by atoms with E-state index in [2.05, 4.69) is 4.98 Å². The van der Waals surface area contributed by atoms with Crippen LogP contribution in [0.15, 0.2) is 51.7 Å². The molecule has 0 amide bonds. The molecule has 0 spiro atoms. The van der Waals surface area contributed by atoms with Crippen LogP contribution < -0.4 is 10.4 Å². The summed E-state index contributed by atoms with van der Waals surface area (Å²) >= 11 is 12.7. The Labute approximate surface area is 165 Å². The molecule has 0 unspecified atom stereocenters. The predicted molar refractivity (Wildman–Crippen MR) is 108 cm³/mol. The summed E-state index contributed by atoms with van der Waals surface area (Å²) in [6, 6.07) is 12.5. The minimum Gasteiger partial charge on any atom is -0.485 e. The molecular formula is C21H15Cl2NO3. The number of pyridine rings is 1. The van der Waals surface area contributed by atoms with Crippen molar-refractivity contribution in [2.75, 3.05) is 0 Å². The highest BCUT2D eigenvalue weighted by Gasteiger charge is 2.15. The van der Waals surface area contributed by atoms with Crippen LogP contribution in [0, 0.1) is 13.8 Å². The van der Waals surface area contributed by atoms with Crippen molar-refractivity contribution in [1.82, 2.24) is 4.98 Å². The molecule has 4 aromatic rings. The molecule has 0 saturated carbocycles. The number of hydrogen-bond acceptors (Lipinski definition) is 4. The van der Waals surface area contributed by atoms with Gasteiger partial charge in [-0.2, -0.15) is 0 Å². The fourth-order valence-corrected chi connectivity index (χ4v) is 3.60. The van der Waals surface area contributed by atoms with Crippen LogP contribution >= 0.6 is 23.2 Å². The van der Waals surface area contributed by atoms with Crippen LogP contribution in [-0.2, 0) is 6.61 Å². The third-order valence-corrected chi connectivity index (χ3v) is 4.93. The number of nitrogens with zero attached hydrogens (tertiary/aromatic N) is 1. The van der Waals surface area contributed by atoms with E-state index in [1.165, 1.54) is 6.07 Å². The molecule has 4 nitrogen and oxygen atoms in total. The summed E-state index contributed by atoms with van der Waals surface area (Å²) in [5.74, 6) is 0.438. The number of benzene rings is 2. The summed E-state index contributed by atoms with van der Waals surface area (Å²) in [6.07, 6.45) is 0. The summed E-state index contributed by atoms with van der Waals surface area (Å²) in [4.78, 5) is 16.4. The first kappa shape index (κ1) is 17.8. The molecule has 0 saturated heterocycles. The fourth-order valence-electron chi connectivity index (χ4n) is 3.03. The number of aromatic nitrogens is 1. The molecule has 136 valence electrons. The third-order valence-electron chi connectivity index (χ3n) is 4.33. The quantitative estimate of drug-likeness (QED) is 0.405. The lowest BCUT2D eigenvalue weighted by Gasteiger charge is -2.13. The van der Waals surface area contributed by atoms with Gasteiger partial charge in [0.25, 0.3) is 0 Å². The summed E-state index contributed by atoms with van der Waals surface area (Å²) in [5, 5.41) is 2.46. The Balaban J connectivity index is 1.80. The van der Waals surface area contributed by atoms with E-state index < -0.39 is 5.63 Å². The maximum atomic E-state index is 11.9. The zero-order chi connectivity index (χ0) is 19.1. The molecule has 0 N–H and O–H groups in total. The van der Waals surface area contributed by atoms with Crippen molar-refractivity contribution < 1.29 is 9.15 Å². The summed E-state index contributed by atoms with van der Waals surface area (Å²) in [5.41, 5.74) is 3.25. The average Bonchev–Trinajstić information content (AvgIpc) is 2.60. The van der Waals surface area contributed by atoms with Crippen LogP contribution in [0.4, 0.5) is 0 Å². The van der Waals surface area contributed by atoms with Crippen LogP contribution in [0.1, 0.15) is 16.8 Å². The van der Waals surface area contributed by atoms with Crippen LogP contribution in [0.25, 0.3) is 21.9 Å². The number of rotatable bonds is 3. The van der Waals surface area contributed by atoms with Gasteiger partial charge >= 0.3 is 5.63 Å². The normalized spacial score (nSPS) is 11.3. The van der Waals surface area contributed by atoms with Gasteiger partial charge in [0.15, 0.2) is 5.75 Å². The first-order chi connectivity index (χ1) is 12.9. The average molecular weight is 400 g/mol. The maximum Gasteiger partial charge on any atom is 0.336 e. The first-order valence-corrected chi connectivity index (χ1v) is 9.09. The Bertz CT molecular complexity index is 1250. The minimum absolute atomic E-state index is 0.150. The lowest BCUT2D eigenvalue weighted by molar-refractivity contribution is 0.310. The smallest absolute Gasteiger partial charge is 0.336 e. The van der Waals surface area contributed by atoms with E-state index >= 15 is 0 Å². The fraction of sp³-hybridized carbons (Fsp3) is 0.143. The summed E-state index contributed by atoms with van der Waals surface area (Å²) < 4.78 is 11.3. The highest BCUT2D eigenvalue weighted by atomic mass is 35.5. The molecule has 4 rings (SSSR count). The molecule has 27 heavy (non-hydrogen) atoms. The Kier molecular flexibility index (Phi) is 4.54. The number of halogens is 2. The SMILES string of the molecule is Cc1ccc2c(COc3c(Cl)cc(Cl)c4ccc(C)nc34)cc(=O)oc2c1. The molecular weight excluding hydrogens is 385 g/mol. The van der Waals surface area contributed by atoms with Gasteiger partial charge in [-0.1, -0.05) is 35.3 Å². The number of fused-ring (bicyclic) bond motifs is 2. The first-order valence-electron chi connectivity index (χ1n) is 8.34. The van der Waals surface area contributed by atoms with E-state index in [1.807, 2.05) is 44.2 Å². The van der Waals surface area contributed by atoms with E-state index in [0.717, 1.165) is 22.0 Å². The van der Waals surface area contributed by atoms with E-state index in [0.29, 0.717) is 32.5 Å². The molecule has 6 heteroatoms. The molecule has 0 atom stereocenters. The van der Waals surface area contributed by atoms with Crippen molar-refractivity contribution in [3.8, 4) is 5.75 Å². The topological polar surface area (TPSA) is 52.3 Å². The Morgan fingerprint density at radius 2 is 1.78 bits per heavy atom. The van der Waals surface area contributed by atoms with Crippen molar-refractivity contribution in [2.45, 2.75) is 20.5 Å². The largest absolute Gasteiger partial charge is 0.485 e. The van der Waals surface area contributed by atoms with Gasteiger partial charge in [-0.25, -0.2) is 9.78 Å². The zero-order valence-corrected chi connectivity index (χ0v) is 16.2. The van der Waals surface area contributed by atoms with E-state index in [4.69, 9.17) is 32.4 Å². The van der Waals surface area contributed by atoms with Gasteiger partial charge in [0.1, 0.15) is 17.7 Å². The van der Waals surface area contributed by atoms with Crippen molar-refractivity contribution in [1.29, 1.82) is 0 Å². The van der Waals surface area contributed by atoms with Gasteiger partial charge in [-0.15, -0.1) is 0 Å². The van der Waals surface area contributed by atoms with Crippen molar-refractivity contribution in [2.24, 2.45) is 0 Å². The van der Waals surface area contributed by atoms with Crippen molar-refractivity contribution in [3.63, 3.8) is 0 Å². The molecule has 0 bridgehead atoms. The number of aryl methyl sites for hydroxylation is 2. The lowest BCUT2D eigenvalue weighted by Crippen LogP contribution is -2.05. The van der Waals surface area contributed by atoms with Gasteiger partial charge in [-0.05, 0) is 43.7 Å². The second-order valence-corrected chi connectivity index (χ2v) is 7.21. The van der Waals surface area contributed by atoms with Crippen LogP contribution in [-0.4, -0.2) is 4.98 Å². The van der Waals surface area contributed by atoms with Crippen LogP contribution in [0.5, 0.6) is 5.75 Å². The summed E-state index contributed by atoms with van der Waals surface area (Å²) in [7, 11) is 0. The standard InChI is InChI=1S/C21H15Cl2NO3/c1-11-3-5-14-13(8-19(25)27-18(14)7-11)10-26-21-17(23)9-16(22)15-6-4-12(2)24-20(15)21/h3-9H,10H2,1-2H3. The monoisotopic (exact) mass is 399 g/mol. The van der Waals surface area contributed by atoms with E-state index in [-0.39, 0.29) is 6.61 Å². The molecule has 0 aliphatic heterocycles. The van der Waals surface area contributed by atoms with E-state index in [9.17, 15) is 4.79 Å². The maximum absolute atomic E-state index is 11.9. The molecule has 0 radical (unpaired) electrons. The molecule has 2 aromatic heterocycles. The predicted octanol–water partition coefficient (Wildman–Crippen LogP) is 5.84.